The molecule has 1 aromatic carbocycles. The summed E-state index contributed by atoms with van der Waals surface area (Å²) >= 11 is 0. The van der Waals surface area contributed by atoms with Gasteiger partial charge in [0, 0.05) is 18.5 Å². The summed E-state index contributed by atoms with van der Waals surface area (Å²) in [7, 11) is 0. The van der Waals surface area contributed by atoms with Crippen molar-refractivity contribution in [2.24, 2.45) is 11.8 Å². The summed E-state index contributed by atoms with van der Waals surface area (Å²) in [6.45, 7) is 4.91. The van der Waals surface area contributed by atoms with Crippen LogP contribution in [0.3, 0.4) is 0 Å². The highest BCUT2D eigenvalue weighted by Crippen LogP contribution is 2.24. The lowest BCUT2D eigenvalue weighted by atomic mass is 9.95. The van der Waals surface area contributed by atoms with E-state index in [1.807, 2.05) is 0 Å². The molecule has 0 N–H and O–H groups in total. The maximum atomic E-state index is 12.8. The highest BCUT2D eigenvalue weighted by molar-refractivity contribution is 5.99. The Morgan fingerprint density at radius 1 is 1.37 bits per heavy atom. The average Bonchev–Trinajstić information content (AvgIpc) is 2.72. The lowest BCUT2D eigenvalue weighted by Gasteiger charge is -2.17. The van der Waals surface area contributed by atoms with E-state index in [0.717, 1.165) is 0 Å². The molecule has 0 aliphatic carbocycles. The van der Waals surface area contributed by atoms with E-state index in [4.69, 9.17) is 0 Å². The molecule has 1 unspecified atom stereocenters. The van der Waals surface area contributed by atoms with E-state index in [1.165, 1.54) is 24.3 Å². The van der Waals surface area contributed by atoms with Gasteiger partial charge in [-0.3, -0.25) is 9.59 Å². The number of likely N-dealkylation sites (tertiary alicyclic amines) is 1. The molecule has 102 valence electrons. The standard InChI is InChI=1S/C15H18FNO2/c1-10(2)12-7-15(19)17(8-12)9-14(18)11-3-5-13(16)6-4-11/h3-6,10,12H,7-9H2,1-2H3. The van der Waals surface area contributed by atoms with Gasteiger partial charge in [0.25, 0.3) is 0 Å². The van der Waals surface area contributed by atoms with Gasteiger partial charge in [-0.1, -0.05) is 13.8 Å². The molecule has 0 saturated carbocycles. The number of carbonyl (C=O) groups excluding carboxylic acids is 2. The topological polar surface area (TPSA) is 37.4 Å². The van der Waals surface area contributed by atoms with Gasteiger partial charge in [0.1, 0.15) is 5.82 Å². The van der Waals surface area contributed by atoms with Gasteiger partial charge in [-0.15, -0.1) is 0 Å². The monoisotopic (exact) mass is 263 g/mol. The molecule has 0 spiro atoms. The van der Waals surface area contributed by atoms with Gasteiger partial charge in [0.15, 0.2) is 5.78 Å². The Kier molecular flexibility index (Phi) is 3.98. The fraction of sp³-hybridized carbons (Fsp3) is 0.467. The molecule has 1 aromatic rings. The molecular weight excluding hydrogens is 245 g/mol. The van der Waals surface area contributed by atoms with Crippen molar-refractivity contribution in [1.82, 2.24) is 4.90 Å². The van der Waals surface area contributed by atoms with E-state index >= 15 is 0 Å². The van der Waals surface area contributed by atoms with Crippen molar-refractivity contribution in [2.45, 2.75) is 20.3 Å². The molecule has 1 aliphatic rings. The number of benzene rings is 1. The molecule has 3 nitrogen and oxygen atoms in total. The quantitative estimate of drug-likeness (QED) is 0.783. The molecule has 0 radical (unpaired) electrons. The zero-order valence-electron chi connectivity index (χ0n) is 11.2. The lowest BCUT2D eigenvalue weighted by molar-refractivity contribution is -0.127. The molecule has 1 amide bonds. The van der Waals surface area contributed by atoms with E-state index in [0.29, 0.717) is 30.4 Å². The lowest BCUT2D eigenvalue weighted by Crippen LogP contribution is -2.31. The minimum Gasteiger partial charge on any atom is -0.335 e. The van der Waals surface area contributed by atoms with Crippen LogP contribution in [-0.2, 0) is 4.79 Å². The fourth-order valence-electron chi connectivity index (χ4n) is 2.30. The second-order valence-electron chi connectivity index (χ2n) is 5.41. The number of halogens is 1. The maximum Gasteiger partial charge on any atom is 0.223 e. The van der Waals surface area contributed by atoms with Gasteiger partial charge in [-0.25, -0.2) is 4.39 Å². The summed E-state index contributed by atoms with van der Waals surface area (Å²) in [5.41, 5.74) is 0.446. The predicted molar refractivity (Wildman–Crippen MR) is 70.3 cm³/mol. The molecule has 1 aliphatic heterocycles. The zero-order chi connectivity index (χ0) is 14.0. The number of carbonyl (C=O) groups is 2. The first-order valence-corrected chi connectivity index (χ1v) is 6.54. The van der Waals surface area contributed by atoms with Crippen molar-refractivity contribution in [3.05, 3.63) is 35.6 Å². The minimum absolute atomic E-state index is 0.0363. The van der Waals surface area contributed by atoms with Crippen LogP contribution in [0.5, 0.6) is 0 Å². The fourth-order valence-corrected chi connectivity index (χ4v) is 2.30. The Labute approximate surface area is 112 Å². The average molecular weight is 263 g/mol. The third-order valence-corrected chi connectivity index (χ3v) is 3.69. The van der Waals surface area contributed by atoms with Gasteiger partial charge in [-0.05, 0) is 36.1 Å². The van der Waals surface area contributed by atoms with Crippen LogP contribution in [0.25, 0.3) is 0 Å². The first kappa shape index (κ1) is 13.7. The molecular formula is C15H18FNO2. The Bertz CT molecular complexity index is 481. The number of amides is 1. The number of hydrogen-bond donors (Lipinski definition) is 0. The molecule has 19 heavy (non-hydrogen) atoms. The Hall–Kier alpha value is -1.71. The normalized spacial score (nSPS) is 19.3. The van der Waals surface area contributed by atoms with Crippen molar-refractivity contribution < 1.29 is 14.0 Å². The number of ketones is 1. The third kappa shape index (κ3) is 3.19. The van der Waals surface area contributed by atoms with Crippen molar-refractivity contribution in [3.63, 3.8) is 0 Å². The van der Waals surface area contributed by atoms with Crippen molar-refractivity contribution in [3.8, 4) is 0 Å². The van der Waals surface area contributed by atoms with E-state index in [2.05, 4.69) is 13.8 Å². The number of rotatable bonds is 4. The van der Waals surface area contributed by atoms with Crippen LogP contribution in [0.4, 0.5) is 4.39 Å². The highest BCUT2D eigenvalue weighted by atomic mass is 19.1. The van der Waals surface area contributed by atoms with Crippen LogP contribution in [0.2, 0.25) is 0 Å². The summed E-state index contributed by atoms with van der Waals surface area (Å²) in [5.74, 6) is 0.295. The maximum absolute atomic E-state index is 12.8. The molecule has 4 heteroatoms. The van der Waals surface area contributed by atoms with Gasteiger partial charge in [0.05, 0.1) is 6.54 Å². The second-order valence-corrected chi connectivity index (χ2v) is 5.41. The molecule has 1 heterocycles. The summed E-state index contributed by atoms with van der Waals surface area (Å²) in [6.07, 6.45) is 0.522. The summed E-state index contributed by atoms with van der Waals surface area (Å²) in [4.78, 5) is 25.4. The summed E-state index contributed by atoms with van der Waals surface area (Å²) < 4.78 is 12.8. The molecule has 0 bridgehead atoms. The number of hydrogen-bond acceptors (Lipinski definition) is 2. The van der Waals surface area contributed by atoms with Crippen LogP contribution in [0.1, 0.15) is 30.6 Å². The SMILES string of the molecule is CC(C)C1CC(=O)N(CC(=O)c2ccc(F)cc2)C1. The second kappa shape index (κ2) is 5.51. The van der Waals surface area contributed by atoms with Crippen LogP contribution in [0, 0.1) is 17.7 Å². The molecule has 1 atom stereocenters. The smallest absolute Gasteiger partial charge is 0.223 e. The molecule has 1 saturated heterocycles. The van der Waals surface area contributed by atoms with Crippen molar-refractivity contribution in [1.29, 1.82) is 0 Å². The van der Waals surface area contributed by atoms with E-state index in [9.17, 15) is 14.0 Å². The molecule has 1 fully saturated rings. The van der Waals surface area contributed by atoms with Gasteiger partial charge < -0.3 is 4.90 Å². The molecule has 2 rings (SSSR count). The first-order chi connectivity index (χ1) is 8.97. The van der Waals surface area contributed by atoms with Crippen LogP contribution in [-0.4, -0.2) is 29.7 Å². The van der Waals surface area contributed by atoms with Gasteiger partial charge in [0.2, 0.25) is 5.91 Å². The van der Waals surface area contributed by atoms with E-state index < -0.39 is 0 Å². The predicted octanol–water partition coefficient (Wildman–Crippen LogP) is 2.51. The number of Topliss-reactive ketones (excluding diaryl/α,β-unsaturated/α-hetero) is 1. The van der Waals surface area contributed by atoms with E-state index in [1.54, 1.807) is 4.90 Å². The third-order valence-electron chi connectivity index (χ3n) is 3.69. The Balaban J connectivity index is 2.00. The molecule has 0 aromatic heterocycles. The van der Waals surface area contributed by atoms with Crippen LogP contribution < -0.4 is 0 Å². The first-order valence-electron chi connectivity index (χ1n) is 6.54. The van der Waals surface area contributed by atoms with Gasteiger partial charge >= 0.3 is 0 Å². The largest absolute Gasteiger partial charge is 0.335 e. The Morgan fingerprint density at radius 3 is 2.53 bits per heavy atom. The number of nitrogens with zero attached hydrogens (tertiary/aromatic N) is 1. The van der Waals surface area contributed by atoms with Gasteiger partial charge in [-0.2, -0.15) is 0 Å². The highest BCUT2D eigenvalue weighted by Gasteiger charge is 2.32. The van der Waals surface area contributed by atoms with Crippen molar-refractivity contribution in [2.75, 3.05) is 13.1 Å². The van der Waals surface area contributed by atoms with Crippen LogP contribution in [0.15, 0.2) is 24.3 Å². The zero-order valence-corrected chi connectivity index (χ0v) is 11.2. The van der Waals surface area contributed by atoms with Crippen LogP contribution >= 0.6 is 0 Å². The summed E-state index contributed by atoms with van der Waals surface area (Å²) in [5, 5.41) is 0. The summed E-state index contributed by atoms with van der Waals surface area (Å²) in [6, 6.07) is 5.43. The Morgan fingerprint density at radius 2 is 2.00 bits per heavy atom. The van der Waals surface area contributed by atoms with Crippen molar-refractivity contribution >= 4 is 11.7 Å². The minimum atomic E-state index is -0.367. The van der Waals surface area contributed by atoms with E-state index in [-0.39, 0.29) is 24.1 Å².